The van der Waals surface area contributed by atoms with Crippen molar-refractivity contribution in [1.29, 1.82) is 0 Å². The number of hydrogen-bond acceptors (Lipinski definition) is 3. The molecule has 1 N–H and O–H groups in total. The number of anilines is 1. The third-order valence-corrected chi connectivity index (χ3v) is 5.75. The number of methoxy groups -OCH3 is 1. The minimum absolute atomic E-state index is 0.494. The Labute approximate surface area is 189 Å². The molecule has 0 aliphatic heterocycles. The molecule has 6 heteroatoms. The van der Waals surface area contributed by atoms with E-state index in [1.807, 2.05) is 18.2 Å². The highest BCUT2D eigenvalue weighted by molar-refractivity contribution is 14.1. The Hall–Kier alpha value is -1.63. The molecule has 0 saturated heterocycles. The largest absolute Gasteiger partial charge is 0.493 e. The Morgan fingerprint density at radius 1 is 0.929 bits per heavy atom. The van der Waals surface area contributed by atoms with Gasteiger partial charge in [0.25, 0.3) is 0 Å². The van der Waals surface area contributed by atoms with Gasteiger partial charge in [-0.15, -0.1) is 0 Å². The zero-order valence-corrected chi connectivity index (χ0v) is 19.2. The molecule has 28 heavy (non-hydrogen) atoms. The highest BCUT2D eigenvalue weighted by Gasteiger charge is 2.12. The maximum atomic E-state index is 6.07. The van der Waals surface area contributed by atoms with Crippen molar-refractivity contribution in [3.05, 3.63) is 84.9 Å². The molecule has 0 bridgehead atoms. The Morgan fingerprint density at radius 2 is 1.68 bits per heavy atom. The number of nitrogens with one attached hydrogen (secondary N) is 1. The van der Waals surface area contributed by atoms with Crippen LogP contribution in [0.5, 0.6) is 11.5 Å². The van der Waals surface area contributed by atoms with Crippen LogP contribution in [0.15, 0.2) is 54.6 Å². The topological polar surface area (TPSA) is 30.5 Å². The standard InChI is InChI=1S/C22H20Cl2INO2/c1-14-3-5-15(6-4-14)13-28-22-20(25)9-16(10-21(22)27-2)12-26-17-7-8-18(23)19(24)11-17/h3-11,26H,12-13H2,1-2H3. The number of aryl methyl sites for hydroxylation is 1. The second-order valence-corrected chi connectivity index (χ2v) is 8.34. The molecule has 0 saturated carbocycles. The van der Waals surface area contributed by atoms with Crippen LogP contribution >= 0.6 is 45.8 Å². The molecule has 0 spiro atoms. The van der Waals surface area contributed by atoms with E-state index in [-0.39, 0.29) is 0 Å². The number of hydrogen-bond donors (Lipinski definition) is 1. The van der Waals surface area contributed by atoms with Crippen molar-refractivity contribution in [2.24, 2.45) is 0 Å². The Balaban J connectivity index is 1.71. The Bertz CT molecular complexity index is 961. The third kappa shape index (κ3) is 5.46. The molecule has 3 aromatic carbocycles. The Morgan fingerprint density at radius 3 is 2.36 bits per heavy atom. The van der Waals surface area contributed by atoms with E-state index in [0.717, 1.165) is 26.1 Å². The van der Waals surface area contributed by atoms with Gasteiger partial charge in [-0.25, -0.2) is 0 Å². The molecule has 0 heterocycles. The zero-order chi connectivity index (χ0) is 20.1. The molecule has 0 aliphatic carbocycles. The first-order valence-electron chi connectivity index (χ1n) is 8.70. The molecular weight excluding hydrogens is 508 g/mol. The number of halogens is 3. The van der Waals surface area contributed by atoms with Gasteiger partial charge in [0.1, 0.15) is 6.61 Å². The highest BCUT2D eigenvalue weighted by atomic mass is 127. The summed E-state index contributed by atoms with van der Waals surface area (Å²) in [4.78, 5) is 0. The summed E-state index contributed by atoms with van der Waals surface area (Å²) >= 11 is 14.3. The normalized spacial score (nSPS) is 10.6. The first kappa shape index (κ1) is 21.1. The lowest BCUT2D eigenvalue weighted by atomic mass is 10.1. The summed E-state index contributed by atoms with van der Waals surface area (Å²) in [5.41, 5.74) is 4.33. The summed E-state index contributed by atoms with van der Waals surface area (Å²) < 4.78 is 12.6. The molecule has 0 radical (unpaired) electrons. The van der Waals surface area contributed by atoms with Gasteiger partial charge in [0.05, 0.1) is 20.7 Å². The van der Waals surface area contributed by atoms with E-state index < -0.39 is 0 Å². The fourth-order valence-corrected chi connectivity index (χ4v) is 3.78. The third-order valence-electron chi connectivity index (χ3n) is 4.21. The fourth-order valence-electron chi connectivity index (χ4n) is 2.67. The average Bonchev–Trinajstić information content (AvgIpc) is 2.69. The quantitative estimate of drug-likeness (QED) is 0.332. The summed E-state index contributed by atoms with van der Waals surface area (Å²) in [6, 6.07) is 17.9. The van der Waals surface area contributed by atoms with E-state index in [9.17, 15) is 0 Å². The average molecular weight is 528 g/mol. The van der Waals surface area contributed by atoms with E-state index in [1.54, 1.807) is 13.2 Å². The summed E-state index contributed by atoms with van der Waals surface area (Å²) in [6.45, 7) is 3.19. The van der Waals surface area contributed by atoms with E-state index in [0.29, 0.717) is 28.9 Å². The van der Waals surface area contributed by atoms with Crippen LogP contribution < -0.4 is 14.8 Å². The lowest BCUT2D eigenvalue weighted by molar-refractivity contribution is 0.282. The van der Waals surface area contributed by atoms with Crippen molar-refractivity contribution in [2.75, 3.05) is 12.4 Å². The summed E-state index contributed by atoms with van der Waals surface area (Å²) in [6.07, 6.45) is 0. The van der Waals surface area contributed by atoms with Crippen molar-refractivity contribution in [3.8, 4) is 11.5 Å². The first-order valence-corrected chi connectivity index (χ1v) is 10.5. The van der Waals surface area contributed by atoms with Gasteiger partial charge in [0.15, 0.2) is 11.5 Å². The van der Waals surface area contributed by atoms with Gasteiger partial charge >= 0.3 is 0 Å². The van der Waals surface area contributed by atoms with Crippen LogP contribution in [0.4, 0.5) is 5.69 Å². The molecule has 0 amide bonds. The summed E-state index contributed by atoms with van der Waals surface area (Å²) in [5, 5.41) is 4.41. The summed E-state index contributed by atoms with van der Waals surface area (Å²) in [5.74, 6) is 1.46. The predicted molar refractivity (Wildman–Crippen MR) is 125 cm³/mol. The molecular formula is C22H20Cl2INO2. The van der Waals surface area contributed by atoms with Crippen molar-refractivity contribution in [1.82, 2.24) is 0 Å². The minimum Gasteiger partial charge on any atom is -0.493 e. The second kappa shape index (κ2) is 9.72. The molecule has 0 atom stereocenters. The highest BCUT2D eigenvalue weighted by Crippen LogP contribution is 2.35. The smallest absolute Gasteiger partial charge is 0.174 e. The van der Waals surface area contributed by atoms with Crippen LogP contribution in [0.2, 0.25) is 10.0 Å². The maximum absolute atomic E-state index is 6.07. The van der Waals surface area contributed by atoms with Crippen LogP contribution in [0.25, 0.3) is 0 Å². The lowest BCUT2D eigenvalue weighted by Gasteiger charge is -2.15. The molecule has 3 rings (SSSR count). The van der Waals surface area contributed by atoms with Crippen molar-refractivity contribution < 1.29 is 9.47 Å². The molecule has 0 aromatic heterocycles. The van der Waals surface area contributed by atoms with Crippen molar-refractivity contribution in [3.63, 3.8) is 0 Å². The van der Waals surface area contributed by atoms with Crippen molar-refractivity contribution in [2.45, 2.75) is 20.1 Å². The fraction of sp³-hybridized carbons (Fsp3) is 0.182. The van der Waals surface area contributed by atoms with Gasteiger partial charge in [-0.2, -0.15) is 0 Å². The van der Waals surface area contributed by atoms with E-state index >= 15 is 0 Å². The minimum atomic E-state index is 0.494. The number of benzene rings is 3. The van der Waals surface area contributed by atoms with Gasteiger partial charge in [-0.3, -0.25) is 0 Å². The molecule has 3 nitrogen and oxygen atoms in total. The van der Waals surface area contributed by atoms with Gasteiger partial charge in [0, 0.05) is 12.2 Å². The zero-order valence-electron chi connectivity index (χ0n) is 15.6. The van der Waals surface area contributed by atoms with Gasteiger partial charge in [0.2, 0.25) is 0 Å². The van der Waals surface area contributed by atoms with Crippen LogP contribution in [-0.2, 0) is 13.2 Å². The monoisotopic (exact) mass is 527 g/mol. The first-order chi connectivity index (χ1) is 13.5. The summed E-state index contributed by atoms with van der Waals surface area (Å²) in [7, 11) is 1.65. The number of rotatable bonds is 7. The van der Waals surface area contributed by atoms with E-state index in [1.165, 1.54) is 5.56 Å². The molecule has 146 valence electrons. The van der Waals surface area contributed by atoms with E-state index in [4.69, 9.17) is 32.7 Å². The molecule has 0 aliphatic rings. The molecule has 3 aromatic rings. The SMILES string of the molecule is COc1cc(CNc2ccc(Cl)c(Cl)c2)cc(I)c1OCc1ccc(C)cc1. The molecule has 0 fully saturated rings. The van der Waals surface area contributed by atoms with Gasteiger partial charge < -0.3 is 14.8 Å². The van der Waals surface area contributed by atoms with Crippen molar-refractivity contribution >= 4 is 51.5 Å². The predicted octanol–water partition coefficient (Wildman–Crippen LogP) is 7.11. The second-order valence-electron chi connectivity index (χ2n) is 6.37. The lowest BCUT2D eigenvalue weighted by Crippen LogP contribution is -2.03. The van der Waals surface area contributed by atoms with Gasteiger partial charge in [-0.05, 0) is 71.0 Å². The molecule has 0 unspecified atom stereocenters. The maximum Gasteiger partial charge on any atom is 0.174 e. The van der Waals surface area contributed by atoms with Crippen LogP contribution in [0.1, 0.15) is 16.7 Å². The van der Waals surface area contributed by atoms with Gasteiger partial charge in [-0.1, -0.05) is 53.0 Å². The van der Waals surface area contributed by atoms with Crippen LogP contribution in [0.3, 0.4) is 0 Å². The van der Waals surface area contributed by atoms with E-state index in [2.05, 4.69) is 65.2 Å². The van der Waals surface area contributed by atoms with Crippen LogP contribution in [-0.4, -0.2) is 7.11 Å². The Kier molecular flexibility index (Phi) is 7.32. The van der Waals surface area contributed by atoms with Crippen LogP contribution in [0, 0.1) is 10.5 Å². The number of ether oxygens (including phenoxy) is 2.